The van der Waals surface area contributed by atoms with Crippen LogP contribution in [0.15, 0.2) is 0 Å². The van der Waals surface area contributed by atoms with Crippen LogP contribution < -0.4 is 0 Å². The lowest BCUT2D eigenvalue weighted by Gasteiger charge is -2.27. The van der Waals surface area contributed by atoms with Gasteiger partial charge in [-0.25, -0.2) is 0 Å². The van der Waals surface area contributed by atoms with Gasteiger partial charge in [-0.3, -0.25) is 18.7 Å². The summed E-state index contributed by atoms with van der Waals surface area (Å²) in [6, 6.07) is 0. The van der Waals surface area contributed by atoms with Crippen molar-refractivity contribution >= 4 is 22.3 Å². The van der Waals surface area contributed by atoms with Crippen molar-refractivity contribution in [3.8, 4) is 0 Å². The van der Waals surface area contributed by atoms with E-state index in [4.69, 9.17) is 4.74 Å². The summed E-state index contributed by atoms with van der Waals surface area (Å²) in [6.45, 7) is 3.24. The van der Waals surface area contributed by atoms with Gasteiger partial charge in [-0.05, 0) is 26.2 Å². The van der Waals surface area contributed by atoms with Crippen LogP contribution in [-0.4, -0.2) is 39.0 Å². The molecule has 0 spiro atoms. The second kappa shape index (κ2) is 5.16. The molecule has 0 amide bonds. The number of carbonyl (C=O) groups is 2. The molecule has 0 aromatic carbocycles. The summed E-state index contributed by atoms with van der Waals surface area (Å²) in [4.78, 5) is 23.0. The fraction of sp³-hybridized carbons (Fsp3) is 0.800. The minimum Gasteiger partial charge on any atom is -0.465 e. The number of ketones is 1. The van der Waals surface area contributed by atoms with Gasteiger partial charge in [0, 0.05) is 11.5 Å². The van der Waals surface area contributed by atoms with Crippen molar-refractivity contribution in [1.82, 2.24) is 0 Å². The highest BCUT2D eigenvalue weighted by atomic mass is 32.3. The minimum atomic E-state index is -2.58. The Labute approximate surface area is 96.5 Å². The third-order valence-electron chi connectivity index (χ3n) is 2.75. The highest BCUT2D eigenvalue weighted by molar-refractivity contribution is 8.24. The highest BCUT2D eigenvalue weighted by Gasteiger charge is 2.40. The molecule has 2 unspecified atom stereocenters. The predicted octanol–water partition coefficient (Wildman–Crippen LogP) is 1.53. The van der Waals surface area contributed by atoms with Crippen LogP contribution in [0.2, 0.25) is 0 Å². The van der Waals surface area contributed by atoms with E-state index in [-0.39, 0.29) is 29.8 Å². The van der Waals surface area contributed by atoms with E-state index in [1.165, 1.54) is 6.92 Å². The van der Waals surface area contributed by atoms with Crippen molar-refractivity contribution in [2.75, 3.05) is 18.1 Å². The van der Waals surface area contributed by atoms with E-state index in [2.05, 4.69) is 0 Å². The lowest BCUT2D eigenvalue weighted by molar-refractivity contribution is -0.153. The summed E-state index contributed by atoms with van der Waals surface area (Å²) in [5.41, 5.74) is 0. The average molecular weight is 250 g/mol. The second-order valence-corrected chi connectivity index (χ2v) is 6.41. The molecular formula is C10H18O5S. The molecule has 6 heteroatoms. The maximum Gasteiger partial charge on any atom is 0.316 e. The zero-order chi connectivity index (χ0) is 12.3. The molecule has 1 rings (SSSR count). The van der Waals surface area contributed by atoms with Gasteiger partial charge >= 0.3 is 5.97 Å². The van der Waals surface area contributed by atoms with Gasteiger partial charge in [0.05, 0.1) is 6.61 Å². The van der Waals surface area contributed by atoms with Gasteiger partial charge in [0.25, 0.3) is 0 Å². The smallest absolute Gasteiger partial charge is 0.316 e. The predicted molar refractivity (Wildman–Crippen MR) is 61.5 cm³/mol. The Hall–Kier alpha value is -0.590. The number of ether oxygens (including phenoxy) is 1. The summed E-state index contributed by atoms with van der Waals surface area (Å²) < 4.78 is 23.8. The molecule has 0 saturated carbocycles. The average Bonchev–Trinajstić information content (AvgIpc) is 2.46. The molecule has 1 aliphatic heterocycles. The summed E-state index contributed by atoms with van der Waals surface area (Å²) >= 11 is 0. The topological polar surface area (TPSA) is 83.8 Å². The molecule has 0 aromatic heterocycles. The first-order valence-corrected chi connectivity index (χ1v) is 7.16. The zero-order valence-electron chi connectivity index (χ0n) is 9.51. The van der Waals surface area contributed by atoms with Gasteiger partial charge in [-0.1, -0.05) is 0 Å². The summed E-state index contributed by atoms with van der Waals surface area (Å²) in [5, 5.41) is 0. The van der Waals surface area contributed by atoms with Gasteiger partial charge < -0.3 is 4.74 Å². The van der Waals surface area contributed by atoms with Crippen LogP contribution in [0.4, 0.5) is 0 Å². The van der Waals surface area contributed by atoms with Crippen molar-refractivity contribution in [2.45, 2.75) is 20.3 Å². The number of esters is 1. The maximum atomic E-state index is 11.6. The number of Topliss-reactive ketones (excluding diaryl/α,β-unsaturated/α-hetero) is 1. The molecular weight excluding hydrogens is 232 g/mol. The monoisotopic (exact) mass is 250 g/mol. The molecule has 0 radical (unpaired) electrons. The summed E-state index contributed by atoms with van der Waals surface area (Å²) in [5.74, 6) is -1.52. The highest BCUT2D eigenvalue weighted by Crippen LogP contribution is 2.50. The van der Waals surface area contributed by atoms with Crippen molar-refractivity contribution in [1.29, 1.82) is 0 Å². The first-order valence-electron chi connectivity index (χ1n) is 5.28. The second-order valence-electron chi connectivity index (χ2n) is 4.06. The van der Waals surface area contributed by atoms with E-state index in [1.54, 1.807) is 6.92 Å². The van der Waals surface area contributed by atoms with Gasteiger partial charge in [0.15, 0.2) is 0 Å². The molecule has 94 valence electrons. The molecule has 1 fully saturated rings. The van der Waals surface area contributed by atoms with Crippen molar-refractivity contribution < 1.29 is 23.4 Å². The van der Waals surface area contributed by atoms with Crippen molar-refractivity contribution in [2.24, 2.45) is 11.8 Å². The lowest BCUT2D eigenvalue weighted by Crippen LogP contribution is -2.32. The van der Waals surface area contributed by atoms with Gasteiger partial charge in [-0.2, -0.15) is 10.6 Å². The standard InChI is InChI=1S/C10H18O5S/c1-3-15-10(12)9(7(2)11)8-4-5-16(13,14)6-8/h8-9,13-14H,3-6H2,1-2H3. The first-order chi connectivity index (χ1) is 7.37. The molecule has 0 aromatic rings. The lowest BCUT2D eigenvalue weighted by atomic mass is 9.89. The Balaban J connectivity index is 2.72. The Morgan fingerprint density at radius 3 is 2.50 bits per heavy atom. The van der Waals surface area contributed by atoms with Gasteiger partial charge in [-0.15, -0.1) is 0 Å². The van der Waals surface area contributed by atoms with E-state index in [0.717, 1.165) is 0 Å². The van der Waals surface area contributed by atoms with E-state index in [1.807, 2.05) is 0 Å². The Morgan fingerprint density at radius 2 is 2.12 bits per heavy atom. The normalized spacial score (nSPS) is 27.1. The van der Waals surface area contributed by atoms with Gasteiger partial charge in [0.1, 0.15) is 11.7 Å². The molecule has 1 heterocycles. The van der Waals surface area contributed by atoms with Crippen LogP contribution >= 0.6 is 10.6 Å². The molecule has 1 aliphatic rings. The molecule has 2 N–H and O–H groups in total. The molecule has 16 heavy (non-hydrogen) atoms. The molecule has 0 aliphatic carbocycles. The van der Waals surface area contributed by atoms with Crippen LogP contribution in [-0.2, 0) is 14.3 Å². The number of hydrogen-bond donors (Lipinski definition) is 2. The van der Waals surface area contributed by atoms with Gasteiger partial charge in [0.2, 0.25) is 0 Å². The van der Waals surface area contributed by atoms with E-state index in [0.29, 0.717) is 6.42 Å². The molecule has 1 saturated heterocycles. The summed E-state index contributed by atoms with van der Waals surface area (Å²) in [7, 11) is -2.58. The fourth-order valence-electron chi connectivity index (χ4n) is 2.03. The SMILES string of the molecule is CCOC(=O)C(C(C)=O)C1CCS(O)(O)C1. The third kappa shape index (κ3) is 3.20. The van der Waals surface area contributed by atoms with E-state index < -0.39 is 22.5 Å². The van der Waals surface area contributed by atoms with Crippen molar-refractivity contribution in [3.05, 3.63) is 0 Å². The first kappa shape index (κ1) is 13.5. The Bertz CT molecular complexity index is 289. The van der Waals surface area contributed by atoms with E-state index >= 15 is 0 Å². The number of carbonyl (C=O) groups excluding carboxylic acids is 2. The Kier molecular flexibility index (Phi) is 4.35. The summed E-state index contributed by atoms with van der Waals surface area (Å²) in [6.07, 6.45) is 0.491. The molecule has 2 atom stereocenters. The van der Waals surface area contributed by atoms with Crippen LogP contribution in [0.25, 0.3) is 0 Å². The Morgan fingerprint density at radius 1 is 1.50 bits per heavy atom. The minimum absolute atomic E-state index is 0.135. The third-order valence-corrected chi connectivity index (χ3v) is 4.60. The number of hydrogen-bond acceptors (Lipinski definition) is 5. The van der Waals surface area contributed by atoms with E-state index in [9.17, 15) is 18.7 Å². The van der Waals surface area contributed by atoms with Crippen LogP contribution in [0.5, 0.6) is 0 Å². The molecule has 5 nitrogen and oxygen atoms in total. The zero-order valence-corrected chi connectivity index (χ0v) is 10.3. The number of rotatable bonds is 4. The van der Waals surface area contributed by atoms with Crippen LogP contribution in [0.3, 0.4) is 0 Å². The molecule has 0 bridgehead atoms. The van der Waals surface area contributed by atoms with Crippen molar-refractivity contribution in [3.63, 3.8) is 0 Å². The fourth-order valence-corrected chi connectivity index (χ4v) is 3.93. The largest absolute Gasteiger partial charge is 0.465 e. The van der Waals surface area contributed by atoms with Crippen LogP contribution in [0.1, 0.15) is 20.3 Å². The maximum absolute atomic E-state index is 11.6. The van der Waals surface area contributed by atoms with Crippen LogP contribution in [0, 0.1) is 11.8 Å². The quantitative estimate of drug-likeness (QED) is 0.584.